The number of hydrazone groups is 1. The lowest BCUT2D eigenvalue weighted by Gasteiger charge is -2.17. The number of benzene rings is 1. The molecule has 0 saturated carbocycles. The molecule has 0 aliphatic heterocycles. The molecule has 0 aliphatic carbocycles. The van der Waals surface area contributed by atoms with E-state index in [1.54, 1.807) is 0 Å². The second-order valence-corrected chi connectivity index (χ2v) is 7.73. The molecule has 0 amide bonds. The van der Waals surface area contributed by atoms with Crippen LogP contribution in [0.4, 0.5) is 0 Å². The van der Waals surface area contributed by atoms with Gasteiger partial charge in [-0.2, -0.15) is 5.10 Å². The SMILES string of the molecule is CC(CCC(=O)c1ccccc1)=NN(C)[SiH](C)C. The zero-order valence-electron chi connectivity index (χ0n) is 11.7. The van der Waals surface area contributed by atoms with Crippen molar-refractivity contribution in [1.82, 2.24) is 4.67 Å². The summed E-state index contributed by atoms with van der Waals surface area (Å²) in [5, 5.41) is 4.50. The Kier molecular flexibility index (Phi) is 5.78. The van der Waals surface area contributed by atoms with E-state index < -0.39 is 8.96 Å². The predicted molar refractivity (Wildman–Crippen MR) is 79.8 cm³/mol. The Morgan fingerprint density at radius 2 is 1.83 bits per heavy atom. The molecule has 18 heavy (non-hydrogen) atoms. The summed E-state index contributed by atoms with van der Waals surface area (Å²) in [6.45, 7) is 6.45. The van der Waals surface area contributed by atoms with E-state index in [4.69, 9.17) is 0 Å². The Morgan fingerprint density at radius 3 is 2.39 bits per heavy atom. The van der Waals surface area contributed by atoms with Gasteiger partial charge in [-0.15, -0.1) is 0 Å². The van der Waals surface area contributed by atoms with Crippen molar-refractivity contribution in [3.63, 3.8) is 0 Å². The van der Waals surface area contributed by atoms with Crippen LogP contribution in [0, 0.1) is 0 Å². The number of hydrogen-bond acceptors (Lipinski definition) is 3. The maximum absolute atomic E-state index is 11.9. The van der Waals surface area contributed by atoms with Crippen LogP contribution >= 0.6 is 0 Å². The third kappa shape index (κ3) is 4.83. The third-order valence-corrected chi connectivity index (χ3v) is 4.50. The summed E-state index contributed by atoms with van der Waals surface area (Å²) in [6, 6.07) is 9.44. The molecule has 4 heteroatoms. The van der Waals surface area contributed by atoms with Crippen molar-refractivity contribution in [1.29, 1.82) is 0 Å². The molecule has 3 nitrogen and oxygen atoms in total. The lowest BCUT2D eigenvalue weighted by Crippen LogP contribution is -2.26. The number of Topliss-reactive ketones (excluding diaryl/α,β-unsaturated/α-hetero) is 1. The van der Waals surface area contributed by atoms with E-state index >= 15 is 0 Å². The van der Waals surface area contributed by atoms with Crippen molar-refractivity contribution in [3.05, 3.63) is 35.9 Å². The molecular formula is C14H22N2OSi. The number of hydrogen-bond donors (Lipinski definition) is 0. The Morgan fingerprint density at radius 1 is 1.22 bits per heavy atom. The molecule has 0 N–H and O–H groups in total. The first-order chi connectivity index (χ1) is 8.50. The summed E-state index contributed by atoms with van der Waals surface area (Å²) < 4.78 is 2.06. The molecule has 0 fully saturated rings. The van der Waals surface area contributed by atoms with Gasteiger partial charge in [0.25, 0.3) is 0 Å². The molecule has 0 atom stereocenters. The molecule has 0 spiro atoms. The second-order valence-electron chi connectivity index (χ2n) is 4.79. The van der Waals surface area contributed by atoms with Gasteiger partial charge in [0.15, 0.2) is 14.7 Å². The monoisotopic (exact) mass is 262 g/mol. The van der Waals surface area contributed by atoms with Crippen LogP contribution in [0.5, 0.6) is 0 Å². The topological polar surface area (TPSA) is 32.7 Å². The van der Waals surface area contributed by atoms with Gasteiger partial charge < -0.3 is 4.67 Å². The van der Waals surface area contributed by atoms with Crippen molar-refractivity contribution in [2.75, 3.05) is 7.05 Å². The quantitative estimate of drug-likeness (QED) is 0.342. The van der Waals surface area contributed by atoms with Gasteiger partial charge in [-0.3, -0.25) is 4.79 Å². The normalized spacial score (nSPS) is 11.7. The van der Waals surface area contributed by atoms with E-state index in [9.17, 15) is 4.79 Å². The van der Waals surface area contributed by atoms with Crippen LogP contribution in [0.2, 0.25) is 13.1 Å². The maximum Gasteiger partial charge on any atom is 0.163 e. The first kappa shape index (κ1) is 14.6. The molecule has 1 aromatic carbocycles. The highest BCUT2D eigenvalue weighted by molar-refractivity contribution is 6.52. The molecule has 98 valence electrons. The molecule has 0 aromatic heterocycles. The zero-order valence-corrected chi connectivity index (χ0v) is 12.8. The van der Waals surface area contributed by atoms with Gasteiger partial charge in [-0.1, -0.05) is 43.4 Å². The van der Waals surface area contributed by atoms with Crippen LogP contribution in [0.3, 0.4) is 0 Å². The summed E-state index contributed by atoms with van der Waals surface area (Å²) in [5.41, 5.74) is 1.82. The highest BCUT2D eigenvalue weighted by Crippen LogP contribution is 2.06. The molecule has 0 bridgehead atoms. The zero-order chi connectivity index (χ0) is 13.5. The van der Waals surface area contributed by atoms with Crippen molar-refractivity contribution in [2.45, 2.75) is 32.9 Å². The maximum atomic E-state index is 11.9. The van der Waals surface area contributed by atoms with Crippen molar-refractivity contribution < 1.29 is 4.79 Å². The summed E-state index contributed by atoms with van der Waals surface area (Å²) >= 11 is 0. The summed E-state index contributed by atoms with van der Waals surface area (Å²) in [5.74, 6) is 0.189. The number of carbonyl (C=O) groups excluding carboxylic acids is 1. The van der Waals surface area contributed by atoms with Crippen LogP contribution in [0.1, 0.15) is 30.1 Å². The van der Waals surface area contributed by atoms with E-state index in [1.807, 2.05) is 44.3 Å². The van der Waals surface area contributed by atoms with E-state index in [0.29, 0.717) is 6.42 Å². The summed E-state index contributed by atoms with van der Waals surface area (Å²) in [7, 11) is 1.14. The van der Waals surface area contributed by atoms with Gasteiger partial charge in [0, 0.05) is 24.7 Å². The van der Waals surface area contributed by atoms with Crippen LogP contribution in [-0.2, 0) is 0 Å². The van der Waals surface area contributed by atoms with Crippen molar-refractivity contribution in [2.24, 2.45) is 5.10 Å². The largest absolute Gasteiger partial charge is 0.331 e. The highest BCUT2D eigenvalue weighted by atomic mass is 28.3. The first-order valence-electron chi connectivity index (χ1n) is 6.36. The fourth-order valence-electron chi connectivity index (χ4n) is 1.50. The van der Waals surface area contributed by atoms with Gasteiger partial charge in [-0.05, 0) is 13.3 Å². The van der Waals surface area contributed by atoms with Gasteiger partial charge in [-0.25, -0.2) is 0 Å². The fraction of sp³-hybridized carbons (Fsp3) is 0.429. The second kappa shape index (κ2) is 7.11. The number of carbonyl (C=O) groups is 1. The Labute approximate surface area is 111 Å². The summed E-state index contributed by atoms with van der Waals surface area (Å²) in [4.78, 5) is 11.9. The fourth-order valence-corrected chi connectivity index (χ4v) is 1.93. The minimum atomic E-state index is -0.869. The lowest BCUT2D eigenvalue weighted by atomic mass is 10.1. The van der Waals surface area contributed by atoms with Crippen LogP contribution in [0.15, 0.2) is 35.4 Å². The third-order valence-electron chi connectivity index (χ3n) is 2.89. The molecule has 1 rings (SSSR count). The van der Waals surface area contributed by atoms with E-state index in [-0.39, 0.29) is 5.78 Å². The number of rotatable bonds is 6. The van der Waals surface area contributed by atoms with E-state index in [0.717, 1.165) is 17.7 Å². The molecule has 0 aliphatic rings. The Hall–Kier alpha value is -1.42. The minimum Gasteiger partial charge on any atom is -0.331 e. The van der Waals surface area contributed by atoms with Gasteiger partial charge >= 0.3 is 0 Å². The minimum absolute atomic E-state index is 0.189. The van der Waals surface area contributed by atoms with Crippen molar-refractivity contribution in [3.8, 4) is 0 Å². The Balaban J connectivity index is 2.48. The molecule has 1 aromatic rings. The van der Waals surface area contributed by atoms with Crippen molar-refractivity contribution >= 4 is 20.5 Å². The molecule has 0 unspecified atom stereocenters. The number of ketones is 1. The van der Waals surface area contributed by atoms with E-state index in [1.165, 1.54) is 0 Å². The van der Waals surface area contributed by atoms with Crippen LogP contribution in [-0.4, -0.2) is 32.2 Å². The van der Waals surface area contributed by atoms with Crippen LogP contribution in [0.25, 0.3) is 0 Å². The smallest absolute Gasteiger partial charge is 0.163 e. The lowest BCUT2D eigenvalue weighted by molar-refractivity contribution is 0.0984. The molecule has 0 saturated heterocycles. The molecular weight excluding hydrogens is 240 g/mol. The average Bonchev–Trinajstić information content (AvgIpc) is 2.36. The highest BCUT2D eigenvalue weighted by Gasteiger charge is 2.07. The molecule has 0 radical (unpaired) electrons. The standard InChI is InChI=1S/C14H22N2OSi/c1-12(15-16(2)18(3)4)10-11-14(17)13-8-6-5-7-9-13/h5-9,18H,10-11H2,1-4H3. The first-order valence-corrected chi connectivity index (χ1v) is 9.18. The van der Waals surface area contributed by atoms with Gasteiger partial charge in [0.05, 0.1) is 0 Å². The predicted octanol–water partition coefficient (Wildman–Crippen LogP) is 2.94. The molecule has 0 heterocycles. The average molecular weight is 262 g/mol. The van der Waals surface area contributed by atoms with Gasteiger partial charge in [0.2, 0.25) is 0 Å². The number of nitrogens with zero attached hydrogens (tertiary/aromatic N) is 2. The Bertz CT molecular complexity index is 415. The van der Waals surface area contributed by atoms with Crippen LogP contribution < -0.4 is 0 Å². The summed E-state index contributed by atoms with van der Waals surface area (Å²) in [6.07, 6.45) is 1.27. The van der Waals surface area contributed by atoms with Gasteiger partial charge in [0.1, 0.15) is 0 Å². The van der Waals surface area contributed by atoms with E-state index in [2.05, 4.69) is 22.9 Å².